The maximum absolute atomic E-state index is 10.2. The summed E-state index contributed by atoms with van der Waals surface area (Å²) in [5.41, 5.74) is 0.269. The van der Waals surface area contributed by atoms with Gasteiger partial charge in [0.1, 0.15) is 0 Å². The Bertz CT molecular complexity index is 215. The van der Waals surface area contributed by atoms with Crippen LogP contribution in [-0.2, 0) is 0 Å². The van der Waals surface area contributed by atoms with Crippen molar-refractivity contribution >= 4 is 5.97 Å². The van der Waals surface area contributed by atoms with Crippen molar-refractivity contribution in [2.24, 2.45) is 11.7 Å². The van der Waals surface area contributed by atoms with Crippen LogP contribution in [0.5, 0.6) is 0 Å². The van der Waals surface area contributed by atoms with Crippen LogP contribution in [0.15, 0.2) is 24.5 Å². The highest BCUT2D eigenvalue weighted by atomic mass is 16.4. The highest BCUT2D eigenvalue weighted by molar-refractivity contribution is 5.87. The molecule has 68 valence electrons. The fourth-order valence-electron chi connectivity index (χ4n) is 0.494. The van der Waals surface area contributed by atoms with Crippen LogP contribution in [0, 0.1) is 0 Å². The molecule has 0 aliphatic carbocycles. The van der Waals surface area contributed by atoms with Gasteiger partial charge < -0.3 is 10.6 Å². The molecule has 0 spiro atoms. The van der Waals surface area contributed by atoms with E-state index in [4.69, 9.17) is 5.11 Å². The lowest BCUT2D eigenvalue weighted by Crippen LogP contribution is -2.02. The molecule has 0 aliphatic heterocycles. The zero-order valence-corrected chi connectivity index (χ0v) is 6.27. The van der Waals surface area contributed by atoms with E-state index in [0.29, 0.717) is 0 Å². The highest BCUT2D eigenvalue weighted by Crippen LogP contribution is 1.93. The van der Waals surface area contributed by atoms with Crippen LogP contribution < -0.4 is 11.7 Å². The minimum absolute atomic E-state index is 0. The smallest absolute Gasteiger partial charge is 0.335 e. The Hall–Kier alpha value is -1.50. The molecule has 6 heteroatoms. The number of aromatic carboxylic acids is 1. The third-order valence-corrected chi connectivity index (χ3v) is 0.927. The Labute approximate surface area is 69.1 Å². The van der Waals surface area contributed by atoms with E-state index in [-0.39, 0.29) is 11.0 Å². The molecule has 0 radical (unpaired) electrons. The van der Waals surface area contributed by atoms with Crippen LogP contribution in [0.25, 0.3) is 0 Å². The van der Waals surface area contributed by atoms with Gasteiger partial charge in [-0.2, -0.15) is 0 Å². The first-order chi connectivity index (χ1) is 5.30. The molecule has 6 nitrogen and oxygen atoms in total. The predicted molar refractivity (Wildman–Crippen MR) is 43.2 cm³/mol. The van der Waals surface area contributed by atoms with E-state index >= 15 is 0 Å². The number of rotatable bonds is 1. The molecule has 1 aromatic rings. The molecule has 0 aromatic carbocycles. The summed E-state index contributed by atoms with van der Waals surface area (Å²) >= 11 is 0. The number of carboxylic acid groups (broad SMARTS) is 1. The third-order valence-electron chi connectivity index (χ3n) is 0.927. The number of nitrogens with two attached hydrogens (primary N) is 2. The van der Waals surface area contributed by atoms with Gasteiger partial charge >= 0.3 is 5.97 Å². The number of hydrogen-bond acceptors (Lipinski definition) is 4. The van der Waals surface area contributed by atoms with Crippen molar-refractivity contribution in [3.8, 4) is 0 Å². The van der Waals surface area contributed by atoms with Crippen molar-refractivity contribution in [2.75, 3.05) is 0 Å². The number of carboxylic acids is 1. The fraction of sp³-hybridized carbons (Fsp3) is 0. The SMILES string of the molecule is NN.O.O=C(O)c1ccncc1. The average Bonchev–Trinajstić information content (AvgIpc) is 2.10. The Balaban J connectivity index is 0. The van der Waals surface area contributed by atoms with Gasteiger partial charge in [-0.05, 0) is 12.1 Å². The molecule has 0 saturated heterocycles. The summed E-state index contributed by atoms with van der Waals surface area (Å²) < 4.78 is 0. The number of hydrogen-bond donors (Lipinski definition) is 3. The maximum Gasteiger partial charge on any atom is 0.335 e. The van der Waals surface area contributed by atoms with Crippen molar-refractivity contribution in [3.05, 3.63) is 30.1 Å². The topological polar surface area (TPSA) is 134 Å². The lowest BCUT2D eigenvalue weighted by Gasteiger charge is -1.87. The second-order valence-electron chi connectivity index (χ2n) is 1.54. The molecule has 7 N–H and O–H groups in total. The van der Waals surface area contributed by atoms with E-state index in [1.54, 1.807) is 0 Å². The molecular weight excluding hydrogens is 162 g/mol. The van der Waals surface area contributed by atoms with Crippen LogP contribution >= 0.6 is 0 Å². The number of aromatic nitrogens is 1. The Morgan fingerprint density at radius 3 is 2.00 bits per heavy atom. The minimum Gasteiger partial charge on any atom is -0.478 e. The average molecular weight is 173 g/mol. The van der Waals surface area contributed by atoms with Gasteiger partial charge in [-0.1, -0.05) is 0 Å². The number of nitrogens with zero attached hydrogens (tertiary/aromatic N) is 1. The summed E-state index contributed by atoms with van der Waals surface area (Å²) in [7, 11) is 0. The maximum atomic E-state index is 10.2. The van der Waals surface area contributed by atoms with Gasteiger partial charge in [-0.15, -0.1) is 0 Å². The molecule has 0 amide bonds. The van der Waals surface area contributed by atoms with Crippen molar-refractivity contribution in [2.45, 2.75) is 0 Å². The zero-order valence-electron chi connectivity index (χ0n) is 6.27. The van der Waals surface area contributed by atoms with E-state index in [0.717, 1.165) is 0 Å². The minimum atomic E-state index is -0.919. The van der Waals surface area contributed by atoms with Gasteiger partial charge in [0.25, 0.3) is 0 Å². The molecular formula is C6H11N3O3. The normalized spacial score (nSPS) is 7.17. The van der Waals surface area contributed by atoms with E-state index in [9.17, 15) is 4.79 Å². The van der Waals surface area contributed by atoms with Gasteiger partial charge in [-0.25, -0.2) is 4.79 Å². The van der Waals surface area contributed by atoms with Crippen LogP contribution in [0.1, 0.15) is 10.4 Å². The van der Waals surface area contributed by atoms with E-state index < -0.39 is 5.97 Å². The highest BCUT2D eigenvalue weighted by Gasteiger charge is 1.97. The standard InChI is InChI=1S/C6H5NO2.H4N2.H2O/c8-6(9)5-1-3-7-4-2-5;1-2;/h1-4H,(H,8,9);1-2H2;1H2. The van der Waals surface area contributed by atoms with Gasteiger partial charge in [0.2, 0.25) is 0 Å². The van der Waals surface area contributed by atoms with Crippen molar-refractivity contribution in [1.29, 1.82) is 0 Å². The quantitative estimate of drug-likeness (QED) is 0.361. The lowest BCUT2D eigenvalue weighted by molar-refractivity contribution is 0.0697. The van der Waals surface area contributed by atoms with Crippen LogP contribution in [-0.4, -0.2) is 21.5 Å². The zero-order chi connectivity index (χ0) is 8.69. The molecule has 0 atom stereocenters. The van der Waals surface area contributed by atoms with Crippen LogP contribution in [0.2, 0.25) is 0 Å². The van der Waals surface area contributed by atoms with Gasteiger partial charge in [0.05, 0.1) is 5.56 Å². The first-order valence-electron chi connectivity index (χ1n) is 2.77. The molecule has 1 rings (SSSR count). The van der Waals surface area contributed by atoms with Gasteiger partial charge in [0.15, 0.2) is 0 Å². The summed E-state index contributed by atoms with van der Waals surface area (Å²) in [4.78, 5) is 13.8. The molecule has 0 unspecified atom stereocenters. The number of hydrazine groups is 1. The lowest BCUT2D eigenvalue weighted by atomic mass is 10.3. The summed E-state index contributed by atoms with van der Waals surface area (Å²) in [6, 6.07) is 2.89. The van der Waals surface area contributed by atoms with Crippen LogP contribution in [0.4, 0.5) is 0 Å². The first-order valence-corrected chi connectivity index (χ1v) is 2.77. The summed E-state index contributed by atoms with van der Waals surface area (Å²) in [6.07, 6.45) is 2.90. The summed E-state index contributed by atoms with van der Waals surface area (Å²) in [6.45, 7) is 0. The molecule has 0 fully saturated rings. The molecule has 0 bridgehead atoms. The van der Waals surface area contributed by atoms with E-state index in [2.05, 4.69) is 16.7 Å². The Morgan fingerprint density at radius 2 is 1.75 bits per heavy atom. The van der Waals surface area contributed by atoms with Gasteiger partial charge in [0, 0.05) is 12.4 Å². The van der Waals surface area contributed by atoms with Crippen molar-refractivity contribution in [1.82, 2.24) is 4.98 Å². The molecule has 1 heterocycles. The van der Waals surface area contributed by atoms with E-state index in [1.807, 2.05) is 0 Å². The van der Waals surface area contributed by atoms with Crippen molar-refractivity contribution in [3.63, 3.8) is 0 Å². The third kappa shape index (κ3) is 4.34. The first kappa shape index (κ1) is 13.1. The number of carbonyl (C=O) groups is 1. The Morgan fingerprint density at radius 1 is 1.33 bits per heavy atom. The monoisotopic (exact) mass is 173 g/mol. The van der Waals surface area contributed by atoms with Crippen LogP contribution in [0.3, 0.4) is 0 Å². The largest absolute Gasteiger partial charge is 0.478 e. The molecule has 1 aromatic heterocycles. The summed E-state index contributed by atoms with van der Waals surface area (Å²) in [5, 5.41) is 8.36. The summed E-state index contributed by atoms with van der Waals surface area (Å²) in [5.74, 6) is 7.08. The molecule has 0 aliphatic rings. The van der Waals surface area contributed by atoms with Crippen molar-refractivity contribution < 1.29 is 15.4 Å². The van der Waals surface area contributed by atoms with Gasteiger partial charge in [-0.3, -0.25) is 16.7 Å². The predicted octanol–water partition coefficient (Wildman–Crippen LogP) is -1.23. The molecule has 0 saturated carbocycles. The fourth-order valence-corrected chi connectivity index (χ4v) is 0.494. The Kier molecular flexibility index (Phi) is 8.31. The number of pyridine rings is 1. The second kappa shape index (κ2) is 7.61. The second-order valence-corrected chi connectivity index (χ2v) is 1.54. The molecule has 12 heavy (non-hydrogen) atoms. The van der Waals surface area contributed by atoms with E-state index in [1.165, 1.54) is 24.5 Å².